The van der Waals surface area contributed by atoms with Crippen molar-refractivity contribution in [1.29, 1.82) is 0 Å². The van der Waals surface area contributed by atoms with Crippen LogP contribution in [-0.4, -0.2) is 0 Å². The number of rotatable bonds is 0. The Morgan fingerprint density at radius 2 is 0.750 bits per heavy atom. The zero-order chi connectivity index (χ0) is 0. The van der Waals surface area contributed by atoms with Crippen molar-refractivity contribution in [3.8, 4) is 0 Å². The van der Waals surface area contributed by atoms with Gasteiger partial charge in [0, 0.05) is 42.9 Å². The maximum absolute atomic E-state index is 0. The van der Waals surface area contributed by atoms with Crippen LogP contribution < -0.4 is 0 Å². The summed E-state index contributed by atoms with van der Waals surface area (Å²) in [6.45, 7) is 0. The second-order valence-corrected chi connectivity index (χ2v) is 0. The molecule has 0 bridgehead atoms. The fourth-order valence-electron chi connectivity index (χ4n) is 0. The molecule has 1 radical (unpaired) electrons. The summed E-state index contributed by atoms with van der Waals surface area (Å²) in [6.07, 6.45) is 0. The van der Waals surface area contributed by atoms with Crippen LogP contribution in [0, 0.1) is 0 Å². The summed E-state index contributed by atoms with van der Waals surface area (Å²) in [5.41, 5.74) is 0. The number of hydrogen-bond acceptors (Lipinski definition) is 0. The zero-order valence-corrected chi connectivity index (χ0v) is 7.79. The molecular formula is H2Cl2CuHf. The monoisotopic (exact) mass is 315 g/mol. The van der Waals surface area contributed by atoms with Gasteiger partial charge in [-0.25, -0.2) is 0 Å². The molecule has 4 heteroatoms. The smallest absolute Gasteiger partial charge is 0 e. The Hall–Kier alpha value is 1.97. The molecule has 0 aromatic rings. The Bertz CT molecular complexity index is 6.00. The molecule has 0 saturated carbocycles. The number of hydrogen-bond donors (Lipinski definition) is 0. The van der Waals surface area contributed by atoms with E-state index in [1.54, 1.807) is 0 Å². The third-order valence-electron chi connectivity index (χ3n) is 0. The van der Waals surface area contributed by atoms with Crippen molar-refractivity contribution in [3.63, 3.8) is 0 Å². The molecule has 0 aliphatic carbocycles. The van der Waals surface area contributed by atoms with Crippen LogP contribution in [0.5, 0.6) is 0 Å². The van der Waals surface area contributed by atoms with Crippen molar-refractivity contribution >= 4 is 24.8 Å². The van der Waals surface area contributed by atoms with Crippen LogP contribution in [0.25, 0.3) is 0 Å². The van der Waals surface area contributed by atoms with E-state index in [2.05, 4.69) is 0 Å². The maximum atomic E-state index is 0. The van der Waals surface area contributed by atoms with Gasteiger partial charge in [-0.3, -0.25) is 0 Å². The van der Waals surface area contributed by atoms with Gasteiger partial charge in [-0.05, 0) is 0 Å². The Kier molecular flexibility index (Phi) is 192. The average Bonchev–Trinajstić information content (AvgIpc) is 0. The number of halogens is 2. The Labute approximate surface area is 67.2 Å². The summed E-state index contributed by atoms with van der Waals surface area (Å²) in [6, 6.07) is 0. The average molecular weight is 315 g/mol. The summed E-state index contributed by atoms with van der Waals surface area (Å²) in [5.74, 6) is 0. The normalized spacial score (nSPS) is 0. The molecule has 0 aliphatic rings. The van der Waals surface area contributed by atoms with Gasteiger partial charge in [0.15, 0.2) is 0 Å². The van der Waals surface area contributed by atoms with E-state index >= 15 is 0 Å². The van der Waals surface area contributed by atoms with Gasteiger partial charge in [0.1, 0.15) is 0 Å². The van der Waals surface area contributed by atoms with Gasteiger partial charge in [0.25, 0.3) is 0 Å². The zero-order valence-electron chi connectivity index (χ0n) is 1.62. The van der Waals surface area contributed by atoms with Crippen LogP contribution >= 0.6 is 24.8 Å². The molecule has 4 heavy (non-hydrogen) atoms. The Balaban J connectivity index is 0. The Morgan fingerprint density at radius 3 is 0.750 bits per heavy atom. The van der Waals surface area contributed by atoms with Crippen molar-refractivity contribution in [3.05, 3.63) is 0 Å². The van der Waals surface area contributed by atoms with Gasteiger partial charge in [0.2, 0.25) is 0 Å². The molecule has 0 aliphatic heterocycles. The summed E-state index contributed by atoms with van der Waals surface area (Å²) >= 11 is 0. The van der Waals surface area contributed by atoms with Gasteiger partial charge in [-0.2, -0.15) is 0 Å². The molecule has 0 heterocycles. The first kappa shape index (κ1) is 38.0. The minimum absolute atomic E-state index is 0. The van der Waals surface area contributed by atoms with Crippen molar-refractivity contribution in [2.45, 2.75) is 0 Å². The standard InChI is InChI=1S/2ClH.Cu.Hf/h2*1H;;. The molecule has 0 amide bonds. The van der Waals surface area contributed by atoms with Crippen molar-refractivity contribution in [2.75, 3.05) is 0 Å². The van der Waals surface area contributed by atoms with Crippen LogP contribution in [0.4, 0.5) is 0 Å². The fraction of sp³-hybridized carbons (Fsp3) is 0. The second-order valence-electron chi connectivity index (χ2n) is 0. The van der Waals surface area contributed by atoms with Gasteiger partial charge in [-0.1, -0.05) is 0 Å². The molecule has 0 rings (SSSR count). The maximum Gasteiger partial charge on any atom is 0 e. The summed E-state index contributed by atoms with van der Waals surface area (Å²) in [5, 5.41) is 0. The first-order valence-electron chi connectivity index (χ1n) is 0. The van der Waals surface area contributed by atoms with E-state index in [-0.39, 0.29) is 67.7 Å². The van der Waals surface area contributed by atoms with Crippen molar-refractivity contribution in [2.24, 2.45) is 0 Å². The molecule has 0 aromatic carbocycles. The predicted octanol–water partition coefficient (Wildman–Crippen LogP) is 0.839. The van der Waals surface area contributed by atoms with Crippen molar-refractivity contribution in [1.82, 2.24) is 0 Å². The predicted molar refractivity (Wildman–Crippen MR) is 14.5 cm³/mol. The van der Waals surface area contributed by atoms with Crippen LogP contribution in [0.2, 0.25) is 0 Å². The summed E-state index contributed by atoms with van der Waals surface area (Å²) < 4.78 is 0. The first-order valence-corrected chi connectivity index (χ1v) is 0. The molecule has 0 spiro atoms. The van der Waals surface area contributed by atoms with Crippen LogP contribution in [0.3, 0.4) is 0 Å². The van der Waals surface area contributed by atoms with E-state index in [0.717, 1.165) is 0 Å². The third-order valence-corrected chi connectivity index (χ3v) is 0. The molecule has 0 nitrogen and oxygen atoms in total. The minimum atomic E-state index is 0. The third kappa shape index (κ3) is 9.02. The molecule has 0 aromatic heterocycles. The fourth-order valence-corrected chi connectivity index (χ4v) is 0. The topological polar surface area (TPSA) is 0 Å². The van der Waals surface area contributed by atoms with E-state index in [4.69, 9.17) is 0 Å². The van der Waals surface area contributed by atoms with E-state index < -0.39 is 0 Å². The molecule has 0 saturated heterocycles. The Morgan fingerprint density at radius 1 is 0.750 bits per heavy atom. The van der Waals surface area contributed by atoms with E-state index in [1.165, 1.54) is 0 Å². The SMILES string of the molecule is Cl.Cl.[Cu].[Hf]. The quantitative estimate of drug-likeness (QED) is 0.581. The van der Waals surface area contributed by atoms with E-state index in [1.807, 2.05) is 0 Å². The minimum Gasteiger partial charge on any atom is -0.147 e. The van der Waals surface area contributed by atoms with Crippen LogP contribution in [0.15, 0.2) is 0 Å². The van der Waals surface area contributed by atoms with E-state index in [9.17, 15) is 0 Å². The summed E-state index contributed by atoms with van der Waals surface area (Å²) in [4.78, 5) is 0. The van der Waals surface area contributed by atoms with Gasteiger partial charge in [0.05, 0.1) is 0 Å². The molecular weight excluding hydrogens is 313 g/mol. The summed E-state index contributed by atoms with van der Waals surface area (Å²) in [7, 11) is 0. The van der Waals surface area contributed by atoms with Gasteiger partial charge < -0.3 is 0 Å². The van der Waals surface area contributed by atoms with E-state index in [0.29, 0.717) is 0 Å². The largest absolute Gasteiger partial charge is 0.147 e. The molecule has 0 atom stereocenters. The van der Waals surface area contributed by atoms with Crippen molar-refractivity contribution < 1.29 is 42.9 Å². The molecule has 31 valence electrons. The van der Waals surface area contributed by atoms with Gasteiger partial charge >= 0.3 is 0 Å². The first-order chi connectivity index (χ1) is 0. The second kappa shape index (κ2) is 20.2. The molecule has 0 unspecified atom stereocenters. The molecule has 0 fully saturated rings. The van der Waals surface area contributed by atoms with Crippen LogP contribution in [-0.2, 0) is 42.9 Å². The van der Waals surface area contributed by atoms with Crippen LogP contribution in [0.1, 0.15) is 0 Å². The van der Waals surface area contributed by atoms with Gasteiger partial charge in [-0.15, -0.1) is 24.8 Å². The molecule has 0 N–H and O–H groups in total.